The molecule has 106 valence electrons. The first-order chi connectivity index (χ1) is 9.05. The molecule has 19 heavy (non-hydrogen) atoms. The fourth-order valence-corrected chi connectivity index (χ4v) is 1.69. The van der Waals surface area contributed by atoms with E-state index in [2.05, 4.69) is 17.6 Å². The average Bonchev–Trinajstić information content (AvgIpc) is 2.38. The van der Waals surface area contributed by atoms with Gasteiger partial charge in [-0.1, -0.05) is 13.0 Å². The molecule has 1 rings (SSSR count). The molecule has 0 heterocycles. The number of amides is 1. The van der Waals surface area contributed by atoms with Crippen LogP contribution in [0, 0.1) is 0 Å². The lowest BCUT2D eigenvalue weighted by atomic mass is 10.2. The number of hydrogen-bond acceptors (Lipinski definition) is 3. The fraction of sp³-hybridized carbons (Fsp3) is 0.533. The van der Waals surface area contributed by atoms with E-state index in [1.807, 2.05) is 38.1 Å². The summed E-state index contributed by atoms with van der Waals surface area (Å²) < 4.78 is 5.77. The predicted octanol–water partition coefficient (Wildman–Crippen LogP) is 2.80. The Bertz CT molecular complexity index is 407. The van der Waals surface area contributed by atoms with Gasteiger partial charge in [-0.3, -0.25) is 4.79 Å². The second kappa shape index (κ2) is 7.67. The van der Waals surface area contributed by atoms with Crippen molar-refractivity contribution in [2.45, 2.75) is 45.8 Å². The van der Waals surface area contributed by atoms with Crippen molar-refractivity contribution in [3.05, 3.63) is 24.3 Å². The van der Waals surface area contributed by atoms with Gasteiger partial charge in [-0.2, -0.15) is 0 Å². The van der Waals surface area contributed by atoms with Crippen molar-refractivity contribution in [1.29, 1.82) is 0 Å². The highest BCUT2D eigenvalue weighted by molar-refractivity contribution is 5.76. The van der Waals surface area contributed by atoms with Crippen molar-refractivity contribution < 1.29 is 9.53 Å². The van der Waals surface area contributed by atoms with Crippen molar-refractivity contribution in [2.75, 3.05) is 12.4 Å². The molecule has 0 aliphatic heterocycles. The number of anilines is 1. The minimum absolute atomic E-state index is 0.0343. The minimum atomic E-state index is 0.0343. The third kappa shape index (κ3) is 5.64. The van der Waals surface area contributed by atoms with E-state index in [-0.39, 0.29) is 18.1 Å². The Kier molecular flexibility index (Phi) is 6.19. The standard InChI is InChI=1S/C15H24N2O2/c1-5-12(3)19-14-8-6-7-13(10-14)17-11(2)9-15(18)16-4/h6-8,10-12,17H,5,9H2,1-4H3,(H,16,18). The van der Waals surface area contributed by atoms with Gasteiger partial charge in [0, 0.05) is 31.3 Å². The Morgan fingerprint density at radius 2 is 2.11 bits per heavy atom. The lowest BCUT2D eigenvalue weighted by Crippen LogP contribution is -2.26. The molecule has 1 amide bonds. The van der Waals surface area contributed by atoms with Gasteiger partial charge in [-0.25, -0.2) is 0 Å². The molecule has 0 saturated heterocycles. The van der Waals surface area contributed by atoms with Crippen LogP contribution in [-0.2, 0) is 4.79 Å². The van der Waals surface area contributed by atoms with Crippen molar-refractivity contribution in [3.8, 4) is 5.75 Å². The maximum absolute atomic E-state index is 11.3. The molecule has 0 aromatic heterocycles. The van der Waals surface area contributed by atoms with E-state index in [0.29, 0.717) is 6.42 Å². The molecule has 0 radical (unpaired) electrons. The van der Waals surface area contributed by atoms with E-state index < -0.39 is 0 Å². The average molecular weight is 264 g/mol. The summed E-state index contributed by atoms with van der Waals surface area (Å²) in [5.41, 5.74) is 0.970. The lowest BCUT2D eigenvalue weighted by molar-refractivity contribution is -0.120. The largest absolute Gasteiger partial charge is 0.491 e. The summed E-state index contributed by atoms with van der Waals surface area (Å²) in [6.45, 7) is 6.13. The summed E-state index contributed by atoms with van der Waals surface area (Å²) in [4.78, 5) is 11.3. The van der Waals surface area contributed by atoms with Crippen molar-refractivity contribution in [1.82, 2.24) is 5.32 Å². The Morgan fingerprint density at radius 1 is 1.37 bits per heavy atom. The maximum Gasteiger partial charge on any atom is 0.221 e. The third-order valence-corrected chi connectivity index (χ3v) is 2.93. The molecule has 2 atom stereocenters. The Hall–Kier alpha value is -1.71. The van der Waals surface area contributed by atoms with E-state index in [1.165, 1.54) is 0 Å². The molecular weight excluding hydrogens is 240 g/mol. The van der Waals surface area contributed by atoms with Crippen molar-refractivity contribution >= 4 is 11.6 Å². The summed E-state index contributed by atoms with van der Waals surface area (Å²) in [5, 5.41) is 5.92. The molecule has 0 aliphatic rings. The summed E-state index contributed by atoms with van der Waals surface area (Å²) in [6, 6.07) is 7.92. The second-order valence-electron chi connectivity index (χ2n) is 4.79. The molecular formula is C15H24N2O2. The molecule has 4 heteroatoms. The zero-order valence-electron chi connectivity index (χ0n) is 12.2. The third-order valence-electron chi connectivity index (χ3n) is 2.93. The number of carbonyl (C=O) groups is 1. The maximum atomic E-state index is 11.3. The Balaban J connectivity index is 2.58. The van der Waals surface area contributed by atoms with E-state index >= 15 is 0 Å². The highest BCUT2D eigenvalue weighted by atomic mass is 16.5. The van der Waals surface area contributed by atoms with Gasteiger partial charge < -0.3 is 15.4 Å². The minimum Gasteiger partial charge on any atom is -0.491 e. The van der Waals surface area contributed by atoms with Gasteiger partial charge in [0.2, 0.25) is 5.91 Å². The quantitative estimate of drug-likeness (QED) is 0.796. The van der Waals surface area contributed by atoms with Gasteiger partial charge in [0.1, 0.15) is 5.75 Å². The predicted molar refractivity (Wildman–Crippen MR) is 78.6 cm³/mol. The SMILES string of the molecule is CCC(C)Oc1cccc(NC(C)CC(=O)NC)c1. The molecule has 0 saturated carbocycles. The molecule has 1 aromatic carbocycles. The molecule has 0 bridgehead atoms. The van der Waals surface area contributed by atoms with Crippen molar-refractivity contribution in [3.63, 3.8) is 0 Å². The fourth-order valence-electron chi connectivity index (χ4n) is 1.69. The molecule has 2 unspecified atom stereocenters. The molecule has 4 nitrogen and oxygen atoms in total. The first-order valence-corrected chi connectivity index (χ1v) is 6.79. The van der Waals surface area contributed by atoms with Crippen LogP contribution in [0.1, 0.15) is 33.6 Å². The molecule has 0 spiro atoms. The smallest absolute Gasteiger partial charge is 0.221 e. The highest BCUT2D eigenvalue weighted by Gasteiger charge is 2.08. The van der Waals surface area contributed by atoms with Crippen LogP contribution in [-0.4, -0.2) is 25.1 Å². The van der Waals surface area contributed by atoms with E-state index in [9.17, 15) is 4.79 Å². The van der Waals surface area contributed by atoms with Crippen LogP contribution in [0.2, 0.25) is 0 Å². The zero-order valence-corrected chi connectivity index (χ0v) is 12.2. The molecule has 0 aliphatic carbocycles. The Labute approximate surface area is 115 Å². The number of rotatable bonds is 7. The topological polar surface area (TPSA) is 50.4 Å². The first kappa shape index (κ1) is 15.3. The summed E-state index contributed by atoms with van der Waals surface area (Å²) >= 11 is 0. The molecule has 0 fully saturated rings. The van der Waals surface area contributed by atoms with Crippen LogP contribution in [0.3, 0.4) is 0 Å². The Morgan fingerprint density at radius 3 is 2.74 bits per heavy atom. The summed E-state index contributed by atoms with van der Waals surface area (Å²) in [5.74, 6) is 0.888. The van der Waals surface area contributed by atoms with Crippen LogP contribution < -0.4 is 15.4 Å². The van der Waals surface area contributed by atoms with Gasteiger partial charge in [-0.05, 0) is 32.4 Å². The van der Waals surface area contributed by atoms with Gasteiger partial charge in [0.15, 0.2) is 0 Å². The van der Waals surface area contributed by atoms with Gasteiger partial charge in [0.05, 0.1) is 6.10 Å². The highest BCUT2D eigenvalue weighted by Crippen LogP contribution is 2.20. The van der Waals surface area contributed by atoms with Crippen LogP contribution in [0.5, 0.6) is 5.75 Å². The number of carbonyl (C=O) groups excluding carboxylic acids is 1. The van der Waals surface area contributed by atoms with Crippen LogP contribution >= 0.6 is 0 Å². The van der Waals surface area contributed by atoms with E-state index in [1.54, 1.807) is 7.05 Å². The van der Waals surface area contributed by atoms with Crippen LogP contribution in [0.25, 0.3) is 0 Å². The van der Waals surface area contributed by atoms with Gasteiger partial charge >= 0.3 is 0 Å². The number of nitrogens with one attached hydrogen (secondary N) is 2. The van der Waals surface area contributed by atoms with Gasteiger partial charge in [-0.15, -0.1) is 0 Å². The second-order valence-corrected chi connectivity index (χ2v) is 4.79. The number of benzene rings is 1. The lowest BCUT2D eigenvalue weighted by Gasteiger charge is -2.17. The van der Waals surface area contributed by atoms with Crippen molar-refractivity contribution in [2.24, 2.45) is 0 Å². The first-order valence-electron chi connectivity index (χ1n) is 6.79. The van der Waals surface area contributed by atoms with Crippen LogP contribution in [0.15, 0.2) is 24.3 Å². The summed E-state index contributed by atoms with van der Waals surface area (Å²) in [7, 11) is 1.65. The number of hydrogen-bond donors (Lipinski definition) is 2. The summed E-state index contributed by atoms with van der Waals surface area (Å²) in [6.07, 6.45) is 1.64. The zero-order chi connectivity index (χ0) is 14.3. The normalized spacial score (nSPS) is 13.5. The van der Waals surface area contributed by atoms with Crippen LogP contribution in [0.4, 0.5) is 5.69 Å². The molecule has 1 aromatic rings. The van der Waals surface area contributed by atoms with Gasteiger partial charge in [0.25, 0.3) is 0 Å². The van der Waals surface area contributed by atoms with E-state index in [0.717, 1.165) is 17.9 Å². The molecule has 2 N–H and O–H groups in total. The number of ether oxygens (including phenoxy) is 1. The van der Waals surface area contributed by atoms with E-state index in [4.69, 9.17) is 4.74 Å². The monoisotopic (exact) mass is 264 g/mol.